The molecule has 2 rings (SSSR count). The zero-order valence-electron chi connectivity index (χ0n) is 11.9. The summed E-state index contributed by atoms with van der Waals surface area (Å²) in [5, 5.41) is 9.19. The number of nitrogens with zero attached hydrogens (tertiary/aromatic N) is 1. The Morgan fingerprint density at radius 1 is 1.35 bits per heavy atom. The second kappa shape index (κ2) is 6.11. The SMILES string of the molecule is COc1ccc(CO)cc1S(=O)(=O)N(C)C1CCCC1. The van der Waals surface area contributed by atoms with Gasteiger partial charge in [-0.2, -0.15) is 4.31 Å². The Kier molecular flexibility index (Phi) is 4.67. The number of hydrogen-bond acceptors (Lipinski definition) is 4. The molecule has 0 bridgehead atoms. The van der Waals surface area contributed by atoms with Crippen LogP contribution < -0.4 is 4.74 Å². The minimum absolute atomic E-state index is 0.0579. The first-order valence-corrected chi connectivity index (χ1v) is 8.20. The first-order valence-electron chi connectivity index (χ1n) is 6.76. The number of methoxy groups -OCH3 is 1. The van der Waals surface area contributed by atoms with Gasteiger partial charge in [0, 0.05) is 13.1 Å². The molecule has 0 spiro atoms. The summed E-state index contributed by atoms with van der Waals surface area (Å²) in [6, 6.07) is 4.79. The van der Waals surface area contributed by atoms with Gasteiger partial charge in [0.2, 0.25) is 10.0 Å². The highest BCUT2D eigenvalue weighted by Gasteiger charge is 2.32. The molecular weight excluding hydrogens is 278 g/mol. The molecule has 0 atom stereocenters. The van der Waals surface area contributed by atoms with Gasteiger partial charge in [-0.15, -0.1) is 0 Å². The maximum Gasteiger partial charge on any atom is 0.246 e. The van der Waals surface area contributed by atoms with Crippen molar-refractivity contribution in [1.29, 1.82) is 0 Å². The number of hydrogen-bond donors (Lipinski definition) is 1. The maximum atomic E-state index is 12.7. The fraction of sp³-hybridized carbons (Fsp3) is 0.571. The summed E-state index contributed by atoms with van der Waals surface area (Å²) in [6.07, 6.45) is 3.94. The molecule has 0 unspecified atom stereocenters. The van der Waals surface area contributed by atoms with Crippen molar-refractivity contribution in [1.82, 2.24) is 4.31 Å². The van der Waals surface area contributed by atoms with E-state index in [0.717, 1.165) is 25.7 Å². The van der Waals surface area contributed by atoms with Crippen molar-refractivity contribution in [3.63, 3.8) is 0 Å². The van der Waals surface area contributed by atoms with Crippen molar-refractivity contribution in [2.45, 2.75) is 43.2 Å². The highest BCUT2D eigenvalue weighted by atomic mass is 32.2. The molecule has 0 saturated heterocycles. The van der Waals surface area contributed by atoms with Crippen LogP contribution in [-0.4, -0.2) is 38.0 Å². The van der Waals surface area contributed by atoms with E-state index in [1.807, 2.05) is 0 Å². The highest BCUT2D eigenvalue weighted by Crippen LogP contribution is 2.32. The van der Waals surface area contributed by atoms with Gasteiger partial charge in [0.15, 0.2) is 0 Å². The third-order valence-corrected chi connectivity index (χ3v) is 5.84. The van der Waals surface area contributed by atoms with E-state index in [2.05, 4.69) is 0 Å². The predicted molar refractivity (Wildman–Crippen MR) is 76.1 cm³/mol. The molecule has 1 aliphatic rings. The lowest BCUT2D eigenvalue weighted by atomic mass is 10.2. The average Bonchev–Trinajstić information content (AvgIpc) is 2.99. The number of sulfonamides is 1. The van der Waals surface area contributed by atoms with Gasteiger partial charge in [-0.1, -0.05) is 18.9 Å². The molecule has 0 amide bonds. The van der Waals surface area contributed by atoms with Gasteiger partial charge in [-0.05, 0) is 30.5 Å². The molecule has 1 aliphatic carbocycles. The van der Waals surface area contributed by atoms with Crippen LogP contribution in [0.25, 0.3) is 0 Å². The number of ether oxygens (including phenoxy) is 1. The van der Waals surface area contributed by atoms with Crippen LogP contribution in [0.1, 0.15) is 31.2 Å². The summed E-state index contributed by atoms with van der Waals surface area (Å²) in [5.41, 5.74) is 0.559. The largest absolute Gasteiger partial charge is 0.495 e. The van der Waals surface area contributed by atoms with E-state index in [4.69, 9.17) is 4.74 Å². The van der Waals surface area contributed by atoms with Crippen LogP contribution in [0.5, 0.6) is 5.75 Å². The van der Waals surface area contributed by atoms with E-state index >= 15 is 0 Å². The van der Waals surface area contributed by atoms with Gasteiger partial charge in [0.05, 0.1) is 13.7 Å². The summed E-state index contributed by atoms with van der Waals surface area (Å²) in [5.74, 6) is 0.312. The molecule has 1 fully saturated rings. The van der Waals surface area contributed by atoms with E-state index < -0.39 is 10.0 Å². The van der Waals surface area contributed by atoms with Crippen molar-refractivity contribution >= 4 is 10.0 Å². The molecule has 0 radical (unpaired) electrons. The highest BCUT2D eigenvalue weighted by molar-refractivity contribution is 7.89. The van der Waals surface area contributed by atoms with Crippen LogP contribution in [0.15, 0.2) is 23.1 Å². The van der Waals surface area contributed by atoms with Gasteiger partial charge in [-0.25, -0.2) is 8.42 Å². The third-order valence-electron chi connectivity index (χ3n) is 3.91. The molecule has 0 aromatic heterocycles. The standard InChI is InChI=1S/C14H21NO4S/c1-15(12-5-3-4-6-12)20(17,18)14-9-11(10-16)7-8-13(14)19-2/h7-9,12,16H,3-6,10H2,1-2H3. The summed E-state index contributed by atoms with van der Waals surface area (Å²) in [4.78, 5) is 0.126. The molecule has 1 aromatic carbocycles. The Morgan fingerprint density at radius 2 is 2.00 bits per heavy atom. The smallest absolute Gasteiger partial charge is 0.246 e. The molecule has 1 aromatic rings. The molecule has 1 saturated carbocycles. The molecule has 0 heterocycles. The molecule has 0 aliphatic heterocycles. The monoisotopic (exact) mass is 299 g/mol. The van der Waals surface area contributed by atoms with Crippen LogP contribution in [0.4, 0.5) is 0 Å². The Balaban J connectivity index is 2.41. The minimum atomic E-state index is -3.60. The van der Waals surface area contributed by atoms with Crippen LogP contribution in [0.2, 0.25) is 0 Å². The van der Waals surface area contributed by atoms with Gasteiger partial charge in [0.1, 0.15) is 10.6 Å². The molecular formula is C14H21NO4S. The average molecular weight is 299 g/mol. The van der Waals surface area contributed by atoms with Gasteiger partial charge < -0.3 is 9.84 Å². The maximum absolute atomic E-state index is 12.7. The summed E-state index contributed by atoms with van der Waals surface area (Å²) < 4.78 is 32.1. The van der Waals surface area contributed by atoms with Crippen molar-refractivity contribution in [3.8, 4) is 5.75 Å². The number of aliphatic hydroxyl groups is 1. The van der Waals surface area contributed by atoms with Crippen LogP contribution >= 0.6 is 0 Å². The predicted octanol–water partition coefficient (Wildman–Crippen LogP) is 1.75. The van der Waals surface area contributed by atoms with Crippen LogP contribution in [0.3, 0.4) is 0 Å². The zero-order chi connectivity index (χ0) is 14.8. The van der Waals surface area contributed by atoms with Crippen molar-refractivity contribution in [2.75, 3.05) is 14.2 Å². The number of benzene rings is 1. The Morgan fingerprint density at radius 3 is 2.55 bits per heavy atom. The zero-order valence-corrected chi connectivity index (χ0v) is 12.7. The lowest BCUT2D eigenvalue weighted by Crippen LogP contribution is -2.35. The fourth-order valence-corrected chi connectivity index (χ4v) is 4.26. The van der Waals surface area contributed by atoms with Gasteiger partial charge in [0.25, 0.3) is 0 Å². The molecule has 5 nitrogen and oxygen atoms in total. The van der Waals surface area contributed by atoms with Gasteiger partial charge in [-0.3, -0.25) is 0 Å². The quantitative estimate of drug-likeness (QED) is 0.899. The first kappa shape index (κ1) is 15.3. The van der Waals surface area contributed by atoms with E-state index in [-0.39, 0.29) is 17.5 Å². The second-order valence-electron chi connectivity index (χ2n) is 5.10. The second-order valence-corrected chi connectivity index (χ2v) is 7.07. The molecule has 112 valence electrons. The van der Waals surface area contributed by atoms with Crippen LogP contribution in [0, 0.1) is 0 Å². The van der Waals surface area contributed by atoms with E-state index in [9.17, 15) is 13.5 Å². The molecule has 20 heavy (non-hydrogen) atoms. The number of rotatable bonds is 5. The Bertz CT molecular complexity index is 565. The summed E-state index contributed by atoms with van der Waals surface area (Å²) in [6.45, 7) is -0.195. The lowest BCUT2D eigenvalue weighted by Gasteiger charge is -2.24. The summed E-state index contributed by atoms with van der Waals surface area (Å²) in [7, 11) is -0.532. The Hall–Kier alpha value is -1.11. The minimum Gasteiger partial charge on any atom is -0.495 e. The third kappa shape index (κ3) is 2.82. The topological polar surface area (TPSA) is 66.8 Å². The normalized spacial score (nSPS) is 16.8. The van der Waals surface area contributed by atoms with Crippen molar-refractivity contribution in [3.05, 3.63) is 23.8 Å². The van der Waals surface area contributed by atoms with Crippen LogP contribution in [-0.2, 0) is 16.6 Å². The van der Waals surface area contributed by atoms with E-state index in [1.54, 1.807) is 19.2 Å². The lowest BCUT2D eigenvalue weighted by molar-refractivity contribution is 0.281. The molecule has 1 N–H and O–H groups in total. The molecule has 6 heteroatoms. The van der Waals surface area contributed by atoms with E-state index in [0.29, 0.717) is 11.3 Å². The first-order chi connectivity index (χ1) is 9.50. The fourth-order valence-electron chi connectivity index (χ4n) is 2.64. The van der Waals surface area contributed by atoms with Crippen molar-refractivity contribution in [2.24, 2.45) is 0 Å². The Labute approximate surface area is 120 Å². The van der Waals surface area contributed by atoms with E-state index in [1.165, 1.54) is 17.5 Å². The summed E-state index contributed by atoms with van der Waals surface area (Å²) >= 11 is 0. The van der Waals surface area contributed by atoms with Crippen molar-refractivity contribution < 1.29 is 18.3 Å². The van der Waals surface area contributed by atoms with Gasteiger partial charge >= 0.3 is 0 Å². The number of aliphatic hydroxyl groups excluding tert-OH is 1.